The van der Waals surface area contributed by atoms with Gasteiger partial charge >= 0.3 is 5.97 Å². The largest absolute Gasteiger partial charge is 0.481 e. The Kier molecular flexibility index (Phi) is 10.2. The number of carboxylic acid groups (broad SMARTS) is 1. The van der Waals surface area contributed by atoms with E-state index in [1.165, 1.54) is 6.42 Å². The monoisotopic (exact) mass is 572 g/mol. The Balaban J connectivity index is 1.82. The third kappa shape index (κ3) is 4.77. The van der Waals surface area contributed by atoms with Crippen LogP contribution in [0.4, 0.5) is 0 Å². The molecular formula is C35H60N2O4. The highest BCUT2D eigenvalue weighted by Crippen LogP contribution is 2.83. The highest BCUT2D eigenvalue weighted by molar-refractivity contribution is 5.90. The number of nitrogens with zero attached hydrogens (tertiary/aromatic N) is 1. The zero-order valence-electron chi connectivity index (χ0n) is 27.4. The Morgan fingerprint density at radius 1 is 1.20 bits per heavy atom. The van der Waals surface area contributed by atoms with Crippen molar-refractivity contribution in [3.8, 4) is 0 Å². The van der Waals surface area contributed by atoms with Crippen molar-refractivity contribution in [1.29, 1.82) is 0 Å². The van der Waals surface area contributed by atoms with E-state index in [-0.39, 0.29) is 30.0 Å². The number of ether oxygens (including phenoxy) is 1. The second-order valence-electron chi connectivity index (χ2n) is 14.5. The van der Waals surface area contributed by atoms with Crippen LogP contribution in [0.15, 0.2) is 11.6 Å². The van der Waals surface area contributed by atoms with Crippen LogP contribution in [0.2, 0.25) is 0 Å². The summed E-state index contributed by atoms with van der Waals surface area (Å²) in [5.41, 5.74) is -1.62. The molecular weight excluding hydrogens is 512 g/mol. The molecule has 9 atom stereocenters. The molecule has 1 heterocycles. The van der Waals surface area contributed by atoms with Crippen LogP contribution in [0.5, 0.6) is 0 Å². The van der Waals surface area contributed by atoms with Crippen molar-refractivity contribution in [1.82, 2.24) is 10.2 Å². The van der Waals surface area contributed by atoms with E-state index < -0.39 is 22.2 Å². The summed E-state index contributed by atoms with van der Waals surface area (Å²) in [4.78, 5) is 30.0. The van der Waals surface area contributed by atoms with E-state index in [4.69, 9.17) is 4.74 Å². The molecule has 7 unspecified atom stereocenters. The number of carbonyl (C=O) groups is 2. The summed E-state index contributed by atoms with van der Waals surface area (Å²) < 4.78 is 7.27. The third-order valence-electron chi connectivity index (χ3n) is 12.3. The fourth-order valence-electron chi connectivity index (χ4n) is 10.6. The Morgan fingerprint density at radius 3 is 2.46 bits per heavy atom. The first kappa shape index (κ1) is 32.7. The van der Waals surface area contributed by atoms with Gasteiger partial charge < -0.3 is 20.0 Å². The fraction of sp³-hybridized carbons (Fsp3) is 0.886. The molecule has 1 aliphatic heterocycles. The first-order valence-corrected chi connectivity index (χ1v) is 17.1. The summed E-state index contributed by atoms with van der Waals surface area (Å²) in [6.07, 6.45) is 10.1. The van der Waals surface area contributed by atoms with Crippen molar-refractivity contribution in [3.63, 3.8) is 0 Å². The van der Waals surface area contributed by atoms with Gasteiger partial charge in [0.05, 0.1) is 17.6 Å². The lowest BCUT2D eigenvalue weighted by atomic mass is 9.40. The number of carboxylic acids is 1. The molecule has 2 N–H and O–H groups in total. The summed E-state index contributed by atoms with van der Waals surface area (Å²) >= 11 is 0. The maximum Gasteiger partial charge on any atom is 0.315 e. The highest BCUT2D eigenvalue weighted by Gasteiger charge is 2.85. The lowest BCUT2D eigenvalue weighted by molar-refractivity contribution is -0.201. The van der Waals surface area contributed by atoms with Gasteiger partial charge in [-0.05, 0) is 74.3 Å². The van der Waals surface area contributed by atoms with Gasteiger partial charge in [0, 0.05) is 25.0 Å². The van der Waals surface area contributed by atoms with Gasteiger partial charge in [-0.25, -0.2) is 0 Å². The van der Waals surface area contributed by atoms with E-state index in [0.29, 0.717) is 24.2 Å². The van der Waals surface area contributed by atoms with E-state index >= 15 is 0 Å². The molecule has 4 rings (SSSR count). The topological polar surface area (TPSA) is 78.9 Å². The number of unbranched alkanes of at least 4 members (excludes halogenated alkanes) is 1. The van der Waals surface area contributed by atoms with Crippen molar-refractivity contribution in [2.45, 2.75) is 113 Å². The van der Waals surface area contributed by atoms with E-state index in [2.05, 4.69) is 71.7 Å². The Labute approximate surface area is 250 Å². The number of carbonyl (C=O) groups excluding carboxylic acids is 1. The van der Waals surface area contributed by atoms with Crippen molar-refractivity contribution in [2.75, 3.05) is 32.7 Å². The summed E-state index contributed by atoms with van der Waals surface area (Å²) in [6, 6.07) is 0. The van der Waals surface area contributed by atoms with Crippen LogP contribution < -0.4 is 5.32 Å². The number of hydrogen-bond donors (Lipinski definition) is 2. The number of likely N-dealkylation sites (N-methyl/N-ethyl adjacent to an activating group) is 2. The number of hydrogen-bond acceptors (Lipinski definition) is 5. The zero-order valence-corrected chi connectivity index (χ0v) is 27.4. The average Bonchev–Trinajstić information content (AvgIpc) is 3.53. The van der Waals surface area contributed by atoms with Crippen LogP contribution in [0.25, 0.3) is 0 Å². The zero-order chi connectivity index (χ0) is 30.2. The molecule has 1 saturated heterocycles. The molecule has 0 aromatic carbocycles. The molecule has 2 saturated carbocycles. The summed E-state index contributed by atoms with van der Waals surface area (Å²) in [5, 5.41) is 14.9. The highest BCUT2D eigenvalue weighted by atomic mass is 16.5. The van der Waals surface area contributed by atoms with Crippen LogP contribution in [0, 0.1) is 51.8 Å². The van der Waals surface area contributed by atoms with Crippen LogP contribution >= 0.6 is 0 Å². The molecule has 6 heteroatoms. The number of nitrogens with one attached hydrogen (secondary N) is 1. The smallest absolute Gasteiger partial charge is 0.315 e. The Morgan fingerprint density at radius 2 is 1.93 bits per heavy atom. The van der Waals surface area contributed by atoms with Crippen molar-refractivity contribution >= 4 is 12.3 Å². The van der Waals surface area contributed by atoms with E-state index in [9.17, 15) is 14.7 Å². The van der Waals surface area contributed by atoms with Gasteiger partial charge in [-0.2, -0.15) is 0 Å². The molecule has 0 aromatic heterocycles. The number of aliphatic carboxylic acids is 1. The molecule has 3 fully saturated rings. The molecule has 6 nitrogen and oxygen atoms in total. The maximum atomic E-state index is 14.0. The van der Waals surface area contributed by atoms with Crippen LogP contribution in [0.1, 0.15) is 100 Å². The molecule has 3 aliphatic carbocycles. The molecule has 0 amide bonds. The molecule has 4 bridgehead atoms. The number of rotatable bonds is 16. The average molecular weight is 573 g/mol. The van der Waals surface area contributed by atoms with E-state index in [1.54, 1.807) is 0 Å². The Bertz CT molecular complexity index is 964. The van der Waals surface area contributed by atoms with Gasteiger partial charge in [0.15, 0.2) is 0 Å². The standard InChI is InChI=1S/C35H60N2O4/c1-9-13-14-25-17-31(41-30(25)21-37(12-4)16-15-36-11-3)34-20-27(23(5)6)28(10-2)33(22-38)19-26(34)18-29(24(7)8)35(33,34)32(39)40/h18,22-28,30-31,36H,9-17,19-21H2,1-8H3,(H,39,40)/t25?,26?,27-,28-,30?,31?,33?,34?,35?/m1/s1. The molecule has 234 valence electrons. The van der Waals surface area contributed by atoms with Gasteiger partial charge in [0.25, 0.3) is 0 Å². The van der Waals surface area contributed by atoms with Gasteiger partial charge in [0.2, 0.25) is 0 Å². The quantitative estimate of drug-likeness (QED) is 0.126. The van der Waals surface area contributed by atoms with E-state index in [1.807, 2.05) is 0 Å². The number of aldehydes is 1. The molecule has 0 radical (unpaired) electrons. The fourth-order valence-corrected chi connectivity index (χ4v) is 10.6. The minimum atomic E-state index is -1.18. The molecule has 41 heavy (non-hydrogen) atoms. The SMILES string of the molecule is CCCCC1CC(C23C[C@H](C(C)C)[C@@H](CC)C4(C=O)CC2C=C(C(C)C)C34C(=O)O)OC1CN(CC)CCNCC. The summed E-state index contributed by atoms with van der Waals surface area (Å²) in [6.45, 7) is 22.4. The summed E-state index contributed by atoms with van der Waals surface area (Å²) in [5.74, 6) is 0.576. The molecule has 4 aliphatic rings. The minimum absolute atomic E-state index is 0.0746. The Hall–Kier alpha value is -1.24. The first-order valence-electron chi connectivity index (χ1n) is 17.1. The first-order chi connectivity index (χ1) is 19.6. The van der Waals surface area contributed by atoms with Gasteiger partial charge in [-0.15, -0.1) is 0 Å². The van der Waals surface area contributed by atoms with Crippen molar-refractivity contribution < 1.29 is 19.4 Å². The third-order valence-corrected chi connectivity index (χ3v) is 12.3. The van der Waals surface area contributed by atoms with Crippen molar-refractivity contribution in [2.24, 2.45) is 51.8 Å². The van der Waals surface area contributed by atoms with Gasteiger partial charge in [0.1, 0.15) is 11.7 Å². The van der Waals surface area contributed by atoms with Crippen LogP contribution in [0.3, 0.4) is 0 Å². The number of allylic oxidation sites excluding steroid dienone is 1. The van der Waals surface area contributed by atoms with E-state index in [0.717, 1.165) is 76.7 Å². The second-order valence-corrected chi connectivity index (χ2v) is 14.5. The molecule has 0 spiro atoms. The minimum Gasteiger partial charge on any atom is -0.481 e. The lowest BCUT2D eigenvalue weighted by Gasteiger charge is -2.61. The second kappa shape index (κ2) is 12.8. The van der Waals surface area contributed by atoms with Crippen molar-refractivity contribution in [3.05, 3.63) is 11.6 Å². The van der Waals surface area contributed by atoms with Crippen LogP contribution in [-0.4, -0.2) is 67.2 Å². The van der Waals surface area contributed by atoms with Gasteiger partial charge in [-0.3, -0.25) is 9.69 Å². The maximum absolute atomic E-state index is 14.0. The summed E-state index contributed by atoms with van der Waals surface area (Å²) in [7, 11) is 0. The predicted octanol–water partition coefficient (Wildman–Crippen LogP) is 6.44. The molecule has 0 aromatic rings. The lowest BCUT2D eigenvalue weighted by Crippen LogP contribution is -2.66. The predicted molar refractivity (Wildman–Crippen MR) is 166 cm³/mol. The van der Waals surface area contributed by atoms with Gasteiger partial charge in [-0.1, -0.05) is 86.3 Å². The normalized spacial score (nSPS) is 39.7. The van der Waals surface area contributed by atoms with Crippen LogP contribution in [-0.2, 0) is 14.3 Å².